The van der Waals surface area contributed by atoms with Crippen molar-refractivity contribution in [3.05, 3.63) is 64.7 Å². The van der Waals surface area contributed by atoms with Crippen LogP contribution in [-0.4, -0.2) is 49.3 Å². The number of unbranched alkanes of at least 4 members (excludes halogenated alkanes) is 1. The van der Waals surface area contributed by atoms with Crippen LogP contribution in [0.15, 0.2) is 48.5 Å². The molecular formula is C23H28Cl2N2O4. The van der Waals surface area contributed by atoms with Crippen LogP contribution in [0.4, 0.5) is 5.69 Å². The van der Waals surface area contributed by atoms with E-state index < -0.39 is 0 Å². The molecule has 1 N–H and O–H groups in total. The molecule has 0 aliphatic heterocycles. The van der Waals surface area contributed by atoms with Crippen molar-refractivity contribution in [2.75, 3.05) is 32.1 Å². The summed E-state index contributed by atoms with van der Waals surface area (Å²) in [6.45, 7) is 2.92. The Morgan fingerprint density at radius 2 is 1.81 bits per heavy atom. The third-order valence-corrected chi connectivity index (χ3v) is 4.64. The first kappa shape index (κ1) is 26.6. The SMILES string of the molecule is CCCCOC(=O)CCN(C)CC(=O)Nc1ccc(Cl)cc1C(=O)c1ccccc1.Cl. The average molecular weight is 467 g/mol. The molecule has 2 rings (SSSR count). The van der Waals surface area contributed by atoms with Gasteiger partial charge in [0.1, 0.15) is 0 Å². The van der Waals surface area contributed by atoms with Gasteiger partial charge in [0.2, 0.25) is 5.91 Å². The third-order valence-electron chi connectivity index (χ3n) is 4.41. The van der Waals surface area contributed by atoms with Crippen LogP contribution in [0.25, 0.3) is 0 Å². The summed E-state index contributed by atoms with van der Waals surface area (Å²) in [5.41, 5.74) is 1.23. The molecular weight excluding hydrogens is 439 g/mol. The van der Waals surface area contributed by atoms with Crippen molar-refractivity contribution in [2.24, 2.45) is 0 Å². The summed E-state index contributed by atoms with van der Waals surface area (Å²) in [5.74, 6) is -0.790. The zero-order valence-corrected chi connectivity index (χ0v) is 19.3. The Morgan fingerprint density at radius 3 is 2.48 bits per heavy atom. The number of amides is 1. The monoisotopic (exact) mass is 466 g/mol. The van der Waals surface area contributed by atoms with Crippen molar-refractivity contribution >= 4 is 47.4 Å². The fourth-order valence-electron chi connectivity index (χ4n) is 2.76. The molecule has 0 atom stereocenters. The number of nitrogens with zero attached hydrogens (tertiary/aromatic N) is 1. The molecule has 0 bridgehead atoms. The maximum atomic E-state index is 12.8. The number of benzene rings is 2. The van der Waals surface area contributed by atoms with Gasteiger partial charge in [-0.15, -0.1) is 12.4 Å². The van der Waals surface area contributed by atoms with Crippen LogP contribution < -0.4 is 5.32 Å². The number of halogens is 2. The van der Waals surface area contributed by atoms with E-state index in [2.05, 4.69) is 5.32 Å². The van der Waals surface area contributed by atoms with Crippen LogP contribution in [0.2, 0.25) is 5.02 Å². The predicted molar refractivity (Wildman–Crippen MR) is 125 cm³/mol. The summed E-state index contributed by atoms with van der Waals surface area (Å²) in [6.07, 6.45) is 2.02. The molecule has 2 aromatic rings. The lowest BCUT2D eigenvalue weighted by Gasteiger charge is -2.17. The molecule has 1 amide bonds. The second-order valence-corrected chi connectivity index (χ2v) is 7.43. The zero-order chi connectivity index (χ0) is 21.9. The van der Waals surface area contributed by atoms with Gasteiger partial charge in [-0.2, -0.15) is 0 Å². The van der Waals surface area contributed by atoms with Crippen LogP contribution in [0, 0.1) is 0 Å². The van der Waals surface area contributed by atoms with Gasteiger partial charge in [0.05, 0.1) is 25.3 Å². The van der Waals surface area contributed by atoms with Crippen LogP contribution in [0.5, 0.6) is 0 Å². The highest BCUT2D eigenvalue weighted by Gasteiger charge is 2.17. The Hall–Kier alpha value is -2.41. The van der Waals surface area contributed by atoms with Gasteiger partial charge < -0.3 is 10.1 Å². The number of rotatable bonds is 11. The number of carbonyl (C=O) groups excluding carboxylic acids is 3. The van der Waals surface area contributed by atoms with Gasteiger partial charge in [0.15, 0.2) is 5.78 Å². The molecule has 0 spiro atoms. The number of nitrogens with one attached hydrogen (secondary N) is 1. The molecule has 0 saturated heterocycles. The molecule has 168 valence electrons. The Kier molecular flexibility index (Phi) is 11.9. The quantitative estimate of drug-likeness (QED) is 0.297. The van der Waals surface area contributed by atoms with Crippen molar-refractivity contribution < 1.29 is 19.1 Å². The lowest BCUT2D eigenvalue weighted by Crippen LogP contribution is -2.32. The molecule has 0 aliphatic carbocycles. The zero-order valence-electron chi connectivity index (χ0n) is 17.7. The third kappa shape index (κ3) is 9.09. The number of carbonyl (C=O) groups is 3. The van der Waals surface area contributed by atoms with Gasteiger partial charge in [0.25, 0.3) is 0 Å². The summed E-state index contributed by atoms with van der Waals surface area (Å²) in [6, 6.07) is 13.6. The van der Waals surface area contributed by atoms with Gasteiger partial charge in [-0.05, 0) is 31.7 Å². The van der Waals surface area contributed by atoms with E-state index in [0.29, 0.717) is 35.0 Å². The van der Waals surface area contributed by atoms with Crippen molar-refractivity contribution in [3.63, 3.8) is 0 Å². The van der Waals surface area contributed by atoms with Crippen molar-refractivity contribution in [1.29, 1.82) is 0 Å². The Bertz CT molecular complexity index is 875. The number of ketones is 1. The summed E-state index contributed by atoms with van der Waals surface area (Å²) < 4.78 is 5.11. The van der Waals surface area contributed by atoms with Crippen LogP contribution in [0.3, 0.4) is 0 Å². The van der Waals surface area contributed by atoms with Crippen LogP contribution in [0.1, 0.15) is 42.1 Å². The van der Waals surface area contributed by atoms with Crippen LogP contribution >= 0.6 is 24.0 Å². The molecule has 0 unspecified atom stereocenters. The second kappa shape index (κ2) is 13.8. The van der Waals surface area contributed by atoms with E-state index in [1.54, 1.807) is 54.4 Å². The van der Waals surface area contributed by atoms with E-state index in [0.717, 1.165) is 12.8 Å². The Labute approximate surface area is 194 Å². The molecule has 6 nitrogen and oxygen atoms in total. The number of anilines is 1. The maximum absolute atomic E-state index is 12.8. The van der Waals surface area contributed by atoms with Gasteiger partial charge in [-0.3, -0.25) is 19.3 Å². The number of ether oxygens (including phenoxy) is 1. The van der Waals surface area contributed by atoms with Crippen LogP contribution in [-0.2, 0) is 14.3 Å². The standard InChI is InChI=1S/C23H27ClN2O4.ClH/c1-3-4-14-30-22(28)12-13-26(2)16-21(27)25-20-11-10-18(24)15-19(20)23(29)17-8-6-5-7-9-17;/h5-11,15H,3-4,12-14,16H2,1-2H3,(H,25,27);1H. The molecule has 0 aliphatic rings. The summed E-state index contributed by atoms with van der Waals surface area (Å²) in [7, 11) is 1.75. The lowest BCUT2D eigenvalue weighted by atomic mass is 10.0. The minimum Gasteiger partial charge on any atom is -0.466 e. The summed E-state index contributed by atoms with van der Waals surface area (Å²) >= 11 is 6.07. The minimum absolute atomic E-state index is 0. The van der Waals surface area contributed by atoms with E-state index in [-0.39, 0.29) is 43.0 Å². The van der Waals surface area contributed by atoms with Gasteiger partial charge in [-0.1, -0.05) is 55.3 Å². The topological polar surface area (TPSA) is 75.7 Å². The van der Waals surface area contributed by atoms with E-state index in [9.17, 15) is 14.4 Å². The number of esters is 1. The van der Waals surface area contributed by atoms with E-state index in [4.69, 9.17) is 16.3 Å². The van der Waals surface area contributed by atoms with Crippen molar-refractivity contribution in [3.8, 4) is 0 Å². The van der Waals surface area contributed by atoms with Gasteiger partial charge in [0, 0.05) is 22.7 Å². The smallest absolute Gasteiger partial charge is 0.307 e. The first-order valence-electron chi connectivity index (χ1n) is 9.94. The first-order chi connectivity index (χ1) is 14.4. The summed E-state index contributed by atoms with van der Waals surface area (Å²) in [4.78, 5) is 38.7. The molecule has 0 heterocycles. The normalized spacial score (nSPS) is 10.3. The molecule has 0 radical (unpaired) electrons. The van der Waals surface area contributed by atoms with Crippen molar-refractivity contribution in [1.82, 2.24) is 4.90 Å². The Morgan fingerprint density at radius 1 is 1.10 bits per heavy atom. The summed E-state index contributed by atoms with van der Waals surface area (Å²) in [5, 5.41) is 3.18. The lowest BCUT2D eigenvalue weighted by molar-refractivity contribution is -0.144. The van der Waals surface area contributed by atoms with E-state index in [1.165, 1.54) is 0 Å². The largest absolute Gasteiger partial charge is 0.466 e. The van der Waals surface area contributed by atoms with Gasteiger partial charge in [-0.25, -0.2) is 0 Å². The highest BCUT2D eigenvalue weighted by molar-refractivity contribution is 6.31. The average Bonchev–Trinajstić information content (AvgIpc) is 2.74. The highest BCUT2D eigenvalue weighted by atomic mass is 35.5. The maximum Gasteiger partial charge on any atom is 0.307 e. The molecule has 8 heteroatoms. The predicted octanol–water partition coefficient (Wildman–Crippen LogP) is 4.60. The highest BCUT2D eigenvalue weighted by Crippen LogP contribution is 2.23. The van der Waals surface area contributed by atoms with Crippen molar-refractivity contribution in [2.45, 2.75) is 26.2 Å². The molecule has 0 aromatic heterocycles. The number of likely N-dealkylation sites (N-methyl/N-ethyl adjacent to an activating group) is 1. The number of hydrogen-bond donors (Lipinski definition) is 1. The fraction of sp³-hybridized carbons (Fsp3) is 0.348. The van der Waals surface area contributed by atoms with Gasteiger partial charge >= 0.3 is 5.97 Å². The van der Waals surface area contributed by atoms with E-state index >= 15 is 0 Å². The molecule has 0 saturated carbocycles. The molecule has 31 heavy (non-hydrogen) atoms. The second-order valence-electron chi connectivity index (χ2n) is 7.00. The van der Waals surface area contributed by atoms with E-state index in [1.807, 2.05) is 13.0 Å². The minimum atomic E-state index is -0.290. The Balaban J connectivity index is 0.00000480. The fourth-order valence-corrected chi connectivity index (χ4v) is 2.93. The molecule has 2 aromatic carbocycles. The molecule has 0 fully saturated rings. The first-order valence-corrected chi connectivity index (χ1v) is 10.3. The number of hydrogen-bond acceptors (Lipinski definition) is 5.